The fraction of sp³-hybridized carbons (Fsp3) is 0.440. The monoisotopic (exact) mass is 566 g/mol. The van der Waals surface area contributed by atoms with Gasteiger partial charge in [0.15, 0.2) is 16.4 Å². The number of fused-ring (bicyclic) bond motifs is 1. The third-order valence-electron chi connectivity index (χ3n) is 6.30. The number of hydrogen-bond acceptors (Lipinski definition) is 6. The van der Waals surface area contributed by atoms with Crippen LogP contribution in [0.5, 0.6) is 5.75 Å². The minimum atomic E-state index is -3.69. The SMILES string of the molecule is CCCCC1(CC)CN(c2ccccc2)c2cc(Br)c(OCC(=O)NCC(=O)O)cc2S(=O)(=O)C1. The van der Waals surface area contributed by atoms with Crippen molar-refractivity contribution < 1.29 is 27.9 Å². The number of hydrogen-bond donors (Lipinski definition) is 2. The van der Waals surface area contributed by atoms with Crippen LogP contribution in [0, 0.1) is 5.41 Å². The first-order valence-electron chi connectivity index (χ1n) is 11.6. The van der Waals surface area contributed by atoms with Crippen LogP contribution < -0.4 is 15.0 Å². The predicted octanol–water partition coefficient (Wildman–Crippen LogP) is 4.54. The van der Waals surface area contributed by atoms with Crippen molar-refractivity contribution in [1.82, 2.24) is 5.32 Å². The Morgan fingerprint density at radius 1 is 1.20 bits per heavy atom. The molecule has 1 aliphatic rings. The van der Waals surface area contributed by atoms with Crippen molar-refractivity contribution in [3.8, 4) is 5.75 Å². The Bertz CT molecular complexity index is 1170. The number of aliphatic carboxylic acids is 1. The highest BCUT2D eigenvalue weighted by atomic mass is 79.9. The van der Waals surface area contributed by atoms with E-state index in [1.807, 2.05) is 37.3 Å². The first-order chi connectivity index (χ1) is 16.6. The van der Waals surface area contributed by atoms with E-state index in [9.17, 15) is 18.0 Å². The molecule has 0 aromatic heterocycles. The number of ether oxygens (including phenoxy) is 1. The fourth-order valence-electron chi connectivity index (χ4n) is 4.34. The number of nitrogens with zero attached hydrogens (tertiary/aromatic N) is 1. The van der Waals surface area contributed by atoms with Crippen molar-refractivity contribution >= 4 is 49.0 Å². The van der Waals surface area contributed by atoms with Gasteiger partial charge in [0.05, 0.1) is 20.8 Å². The molecule has 3 rings (SSSR count). The second kappa shape index (κ2) is 11.4. The number of amides is 1. The largest absolute Gasteiger partial charge is 0.483 e. The summed E-state index contributed by atoms with van der Waals surface area (Å²) in [6.07, 6.45) is 3.43. The summed E-state index contributed by atoms with van der Waals surface area (Å²) in [7, 11) is -3.69. The summed E-state index contributed by atoms with van der Waals surface area (Å²) in [5.74, 6) is -1.57. The molecule has 0 saturated heterocycles. The summed E-state index contributed by atoms with van der Waals surface area (Å²) < 4.78 is 33.6. The number of carboxylic acid groups (broad SMARTS) is 1. The van der Waals surface area contributed by atoms with E-state index in [0.717, 1.165) is 31.4 Å². The van der Waals surface area contributed by atoms with Gasteiger partial charge in [0, 0.05) is 23.7 Å². The highest BCUT2D eigenvalue weighted by molar-refractivity contribution is 9.10. The number of carbonyl (C=O) groups excluding carboxylic acids is 1. The maximum atomic E-state index is 13.7. The number of carboxylic acids is 1. The van der Waals surface area contributed by atoms with Gasteiger partial charge in [-0.15, -0.1) is 0 Å². The van der Waals surface area contributed by atoms with Gasteiger partial charge in [-0.05, 0) is 47.0 Å². The maximum absolute atomic E-state index is 13.7. The second-order valence-corrected chi connectivity index (χ2v) is 11.7. The number of unbranched alkanes of at least 4 members (excludes halogenated alkanes) is 1. The Labute approximate surface area is 214 Å². The Balaban J connectivity index is 2.05. The zero-order valence-electron chi connectivity index (χ0n) is 19.9. The number of benzene rings is 2. The van der Waals surface area contributed by atoms with Crippen LogP contribution in [0.15, 0.2) is 51.8 Å². The zero-order valence-corrected chi connectivity index (χ0v) is 22.3. The van der Waals surface area contributed by atoms with Crippen molar-refractivity contribution in [2.45, 2.75) is 44.4 Å². The molecule has 0 bridgehead atoms. The van der Waals surface area contributed by atoms with E-state index in [2.05, 4.69) is 33.1 Å². The number of sulfone groups is 1. The summed E-state index contributed by atoms with van der Waals surface area (Å²) in [6.45, 7) is 3.74. The molecule has 1 unspecified atom stereocenters. The van der Waals surface area contributed by atoms with E-state index in [1.165, 1.54) is 6.07 Å². The smallest absolute Gasteiger partial charge is 0.322 e. The van der Waals surface area contributed by atoms with Gasteiger partial charge in [-0.25, -0.2) is 8.42 Å². The Kier molecular flexibility index (Phi) is 8.82. The molecule has 1 aliphatic heterocycles. The molecule has 1 amide bonds. The van der Waals surface area contributed by atoms with Gasteiger partial charge in [0.1, 0.15) is 12.3 Å². The molecular formula is C25H31BrN2O6S. The molecular weight excluding hydrogens is 536 g/mol. The van der Waals surface area contributed by atoms with Gasteiger partial charge in [0.25, 0.3) is 5.91 Å². The van der Waals surface area contributed by atoms with Crippen LogP contribution in [0.4, 0.5) is 11.4 Å². The van der Waals surface area contributed by atoms with Crippen LogP contribution in [0.3, 0.4) is 0 Å². The highest BCUT2D eigenvalue weighted by Crippen LogP contribution is 2.46. The third-order valence-corrected chi connectivity index (χ3v) is 8.91. The lowest BCUT2D eigenvalue weighted by Crippen LogP contribution is -2.37. The summed E-state index contributed by atoms with van der Waals surface area (Å²) in [4.78, 5) is 24.8. The second-order valence-electron chi connectivity index (χ2n) is 8.85. The standard InChI is InChI=1S/C25H31BrN2O6S/c1-3-5-11-25(4-2)16-28(18-9-7-6-8-10-18)20-12-19(26)21(13-22(20)35(32,33)17-25)34-15-23(29)27-14-24(30)31/h6-10,12-13H,3-5,11,14-17H2,1-2H3,(H,27,29)(H,30,31). The van der Waals surface area contributed by atoms with E-state index in [1.54, 1.807) is 6.07 Å². The molecule has 2 N–H and O–H groups in total. The quantitative estimate of drug-likeness (QED) is 0.434. The normalized spacial score (nSPS) is 18.9. The minimum Gasteiger partial charge on any atom is -0.483 e. The van der Waals surface area contributed by atoms with Gasteiger partial charge in [-0.2, -0.15) is 0 Å². The number of rotatable bonds is 10. The fourth-order valence-corrected chi connectivity index (χ4v) is 6.96. The average molecular weight is 568 g/mol. The molecule has 2 aromatic rings. The summed E-state index contributed by atoms with van der Waals surface area (Å²) in [6, 6.07) is 12.9. The van der Waals surface area contributed by atoms with Crippen LogP contribution in [-0.2, 0) is 19.4 Å². The molecule has 0 aliphatic carbocycles. The van der Waals surface area contributed by atoms with Gasteiger partial charge < -0.3 is 20.1 Å². The molecule has 0 fully saturated rings. The van der Waals surface area contributed by atoms with Crippen LogP contribution in [0.25, 0.3) is 0 Å². The molecule has 190 valence electrons. The lowest BCUT2D eigenvalue weighted by Gasteiger charge is -2.36. The number of para-hydroxylation sites is 1. The zero-order chi connectivity index (χ0) is 25.6. The number of nitrogens with one attached hydrogen (secondary N) is 1. The van der Waals surface area contributed by atoms with Gasteiger partial charge in [-0.1, -0.05) is 44.9 Å². The van der Waals surface area contributed by atoms with Crippen molar-refractivity contribution in [3.05, 3.63) is 46.9 Å². The summed E-state index contributed by atoms with van der Waals surface area (Å²) in [5, 5.41) is 10.9. The predicted molar refractivity (Wildman–Crippen MR) is 138 cm³/mol. The molecule has 2 aromatic carbocycles. The number of halogens is 1. The molecule has 1 heterocycles. The third kappa shape index (κ3) is 6.55. The Hall–Kier alpha value is -2.59. The van der Waals surface area contributed by atoms with Crippen LogP contribution >= 0.6 is 15.9 Å². The first-order valence-corrected chi connectivity index (χ1v) is 14.1. The number of carbonyl (C=O) groups is 2. The lowest BCUT2D eigenvalue weighted by molar-refractivity contribution is -0.138. The molecule has 0 radical (unpaired) electrons. The van der Waals surface area contributed by atoms with E-state index in [4.69, 9.17) is 9.84 Å². The molecule has 0 spiro atoms. The van der Waals surface area contributed by atoms with Gasteiger partial charge >= 0.3 is 5.97 Å². The van der Waals surface area contributed by atoms with Crippen molar-refractivity contribution in [3.63, 3.8) is 0 Å². The Morgan fingerprint density at radius 3 is 2.54 bits per heavy atom. The highest BCUT2D eigenvalue weighted by Gasteiger charge is 2.41. The van der Waals surface area contributed by atoms with Gasteiger partial charge in [-0.3, -0.25) is 9.59 Å². The van der Waals surface area contributed by atoms with Crippen molar-refractivity contribution in [1.29, 1.82) is 0 Å². The molecule has 8 nitrogen and oxygen atoms in total. The first kappa shape index (κ1) is 27.0. The van der Waals surface area contributed by atoms with Crippen molar-refractivity contribution in [2.75, 3.05) is 30.3 Å². The molecule has 35 heavy (non-hydrogen) atoms. The Morgan fingerprint density at radius 2 is 1.91 bits per heavy atom. The van der Waals surface area contributed by atoms with Gasteiger partial charge in [0.2, 0.25) is 0 Å². The van der Waals surface area contributed by atoms with E-state index in [0.29, 0.717) is 16.7 Å². The van der Waals surface area contributed by atoms with E-state index < -0.39 is 40.3 Å². The summed E-state index contributed by atoms with van der Waals surface area (Å²) in [5.41, 5.74) is 1.03. The molecule has 0 saturated carbocycles. The average Bonchev–Trinajstić information content (AvgIpc) is 2.92. The van der Waals surface area contributed by atoms with E-state index >= 15 is 0 Å². The lowest BCUT2D eigenvalue weighted by atomic mass is 9.81. The topological polar surface area (TPSA) is 113 Å². The number of anilines is 2. The van der Waals surface area contributed by atoms with Crippen molar-refractivity contribution in [2.24, 2.45) is 5.41 Å². The maximum Gasteiger partial charge on any atom is 0.322 e. The summed E-state index contributed by atoms with van der Waals surface area (Å²) >= 11 is 3.47. The molecule has 10 heteroatoms. The van der Waals surface area contributed by atoms with Crippen LogP contribution in [0.2, 0.25) is 0 Å². The molecule has 1 atom stereocenters. The van der Waals surface area contributed by atoms with Crippen LogP contribution in [-0.4, -0.2) is 50.9 Å². The minimum absolute atomic E-state index is 0.0208. The van der Waals surface area contributed by atoms with E-state index in [-0.39, 0.29) is 16.4 Å². The van der Waals surface area contributed by atoms with Crippen LogP contribution in [0.1, 0.15) is 39.5 Å².